The lowest BCUT2D eigenvalue weighted by molar-refractivity contribution is 0.113. The summed E-state index contributed by atoms with van der Waals surface area (Å²) < 4.78 is 0. The van der Waals surface area contributed by atoms with Crippen LogP contribution in [0.2, 0.25) is 0 Å². The van der Waals surface area contributed by atoms with E-state index >= 15 is 0 Å². The van der Waals surface area contributed by atoms with E-state index in [4.69, 9.17) is 5.11 Å². The van der Waals surface area contributed by atoms with Crippen LogP contribution in [-0.2, 0) is 0 Å². The Kier molecular flexibility index (Phi) is 7.23. The highest BCUT2D eigenvalue weighted by Gasteiger charge is 2.24. The summed E-state index contributed by atoms with van der Waals surface area (Å²) >= 11 is 0. The second-order valence-electron chi connectivity index (χ2n) is 3.62. The van der Waals surface area contributed by atoms with E-state index in [1.54, 1.807) is 0 Å². The second kappa shape index (κ2) is 7.30. The van der Waals surface area contributed by atoms with Crippen LogP contribution in [0.15, 0.2) is 0 Å². The van der Waals surface area contributed by atoms with E-state index in [0.29, 0.717) is 0 Å². The van der Waals surface area contributed by atoms with Crippen molar-refractivity contribution >= 4 is 0 Å². The molecule has 0 fully saturated rings. The number of nitrogens with one attached hydrogen (secondary N) is 1. The van der Waals surface area contributed by atoms with Crippen LogP contribution in [0.5, 0.6) is 0 Å². The van der Waals surface area contributed by atoms with Crippen LogP contribution < -0.4 is 5.32 Å². The third kappa shape index (κ3) is 4.60. The van der Waals surface area contributed by atoms with E-state index in [-0.39, 0.29) is 18.6 Å². The number of aliphatic hydroxyl groups is 2. The van der Waals surface area contributed by atoms with Crippen molar-refractivity contribution < 1.29 is 10.2 Å². The normalized spacial score (nSPS) is 12.0. The van der Waals surface area contributed by atoms with Crippen molar-refractivity contribution in [2.24, 2.45) is 5.41 Å². The monoisotopic (exact) mass is 189 g/mol. The lowest BCUT2D eigenvalue weighted by atomic mass is 9.83. The van der Waals surface area contributed by atoms with Gasteiger partial charge in [0.15, 0.2) is 0 Å². The number of hydrogen-bond acceptors (Lipinski definition) is 3. The highest BCUT2D eigenvalue weighted by molar-refractivity contribution is 4.77. The summed E-state index contributed by atoms with van der Waals surface area (Å²) in [5, 5.41) is 21.1. The molecule has 0 spiro atoms. The summed E-state index contributed by atoms with van der Waals surface area (Å²) in [7, 11) is 0. The van der Waals surface area contributed by atoms with Crippen molar-refractivity contribution in [2.75, 3.05) is 26.3 Å². The first-order valence-corrected chi connectivity index (χ1v) is 5.17. The zero-order chi connectivity index (χ0) is 10.2. The summed E-state index contributed by atoms with van der Waals surface area (Å²) in [5.74, 6) is 0. The van der Waals surface area contributed by atoms with Crippen molar-refractivity contribution in [3.05, 3.63) is 0 Å². The van der Waals surface area contributed by atoms with Gasteiger partial charge in [-0.2, -0.15) is 0 Å². The van der Waals surface area contributed by atoms with Crippen molar-refractivity contribution in [1.29, 1.82) is 0 Å². The maximum absolute atomic E-state index is 9.24. The molecule has 3 heteroatoms. The van der Waals surface area contributed by atoms with Gasteiger partial charge in [-0.1, -0.05) is 13.8 Å². The Balaban J connectivity index is 3.68. The SMILES string of the molecule is CCC(CC)(CO)CNCCCO. The molecule has 3 nitrogen and oxygen atoms in total. The van der Waals surface area contributed by atoms with Gasteiger partial charge in [-0.3, -0.25) is 0 Å². The smallest absolute Gasteiger partial charge is 0.0499 e. The van der Waals surface area contributed by atoms with Gasteiger partial charge in [-0.15, -0.1) is 0 Å². The lowest BCUT2D eigenvalue weighted by Gasteiger charge is -2.29. The predicted octanol–water partition coefficient (Wildman–Crippen LogP) is 0.757. The molecule has 80 valence electrons. The second-order valence-corrected chi connectivity index (χ2v) is 3.62. The molecule has 0 atom stereocenters. The number of aliphatic hydroxyl groups excluding tert-OH is 2. The first-order valence-electron chi connectivity index (χ1n) is 5.17. The molecule has 0 aliphatic carbocycles. The van der Waals surface area contributed by atoms with Crippen LogP contribution in [0.25, 0.3) is 0 Å². The average Bonchev–Trinajstić information content (AvgIpc) is 2.20. The van der Waals surface area contributed by atoms with Crippen molar-refractivity contribution in [3.8, 4) is 0 Å². The number of hydrogen-bond donors (Lipinski definition) is 3. The minimum absolute atomic E-state index is 0.0372. The molecule has 0 amide bonds. The maximum atomic E-state index is 9.24. The summed E-state index contributed by atoms with van der Waals surface area (Å²) in [4.78, 5) is 0. The lowest BCUT2D eigenvalue weighted by Crippen LogP contribution is -2.37. The third-order valence-corrected chi connectivity index (χ3v) is 2.85. The van der Waals surface area contributed by atoms with Crippen LogP contribution >= 0.6 is 0 Å². The van der Waals surface area contributed by atoms with E-state index < -0.39 is 0 Å². The van der Waals surface area contributed by atoms with Crippen molar-refractivity contribution in [2.45, 2.75) is 33.1 Å². The number of rotatable bonds is 8. The molecule has 0 aliphatic rings. The van der Waals surface area contributed by atoms with Gasteiger partial charge in [0.1, 0.15) is 0 Å². The van der Waals surface area contributed by atoms with Gasteiger partial charge in [-0.25, -0.2) is 0 Å². The fraction of sp³-hybridized carbons (Fsp3) is 1.00. The third-order valence-electron chi connectivity index (χ3n) is 2.85. The quantitative estimate of drug-likeness (QED) is 0.494. The Morgan fingerprint density at radius 3 is 2.15 bits per heavy atom. The Labute approximate surface area is 81.2 Å². The molecule has 0 rings (SSSR count). The molecule has 0 radical (unpaired) electrons. The van der Waals surface area contributed by atoms with Gasteiger partial charge in [-0.05, 0) is 25.8 Å². The van der Waals surface area contributed by atoms with E-state index in [0.717, 1.165) is 32.4 Å². The topological polar surface area (TPSA) is 52.5 Å². The van der Waals surface area contributed by atoms with Gasteiger partial charge >= 0.3 is 0 Å². The van der Waals surface area contributed by atoms with E-state index in [1.807, 2.05) is 0 Å². The zero-order valence-electron chi connectivity index (χ0n) is 8.84. The molecule has 0 unspecified atom stereocenters. The Bertz CT molecular complexity index is 105. The molecule has 0 aliphatic heterocycles. The molecule has 0 aromatic heterocycles. The highest BCUT2D eigenvalue weighted by atomic mass is 16.3. The van der Waals surface area contributed by atoms with E-state index in [9.17, 15) is 5.11 Å². The van der Waals surface area contributed by atoms with E-state index in [1.165, 1.54) is 0 Å². The molecular weight excluding hydrogens is 166 g/mol. The molecule has 0 heterocycles. The summed E-state index contributed by atoms with van der Waals surface area (Å²) in [6.07, 6.45) is 2.77. The van der Waals surface area contributed by atoms with Gasteiger partial charge in [0, 0.05) is 25.2 Å². The zero-order valence-corrected chi connectivity index (χ0v) is 8.84. The fourth-order valence-electron chi connectivity index (χ4n) is 1.34. The molecule has 0 aromatic rings. The molecule has 0 saturated heterocycles. The Hall–Kier alpha value is -0.120. The molecule has 13 heavy (non-hydrogen) atoms. The summed E-state index contributed by atoms with van der Waals surface area (Å²) in [6.45, 7) is 6.36. The van der Waals surface area contributed by atoms with Crippen molar-refractivity contribution in [3.63, 3.8) is 0 Å². The molecule has 3 N–H and O–H groups in total. The standard InChI is InChI=1S/C10H23NO2/c1-3-10(4-2,9-13)8-11-6-5-7-12/h11-13H,3-9H2,1-2H3. The summed E-state index contributed by atoms with van der Waals surface area (Å²) in [6, 6.07) is 0. The highest BCUT2D eigenvalue weighted by Crippen LogP contribution is 2.24. The maximum Gasteiger partial charge on any atom is 0.0499 e. The van der Waals surface area contributed by atoms with Crippen LogP contribution in [0.1, 0.15) is 33.1 Å². The molecule has 0 saturated carbocycles. The minimum Gasteiger partial charge on any atom is -0.396 e. The van der Waals surface area contributed by atoms with Crippen LogP contribution in [0.4, 0.5) is 0 Å². The van der Waals surface area contributed by atoms with Gasteiger partial charge in [0.05, 0.1) is 0 Å². The Morgan fingerprint density at radius 1 is 1.15 bits per heavy atom. The predicted molar refractivity (Wildman–Crippen MR) is 54.7 cm³/mol. The van der Waals surface area contributed by atoms with Crippen molar-refractivity contribution in [1.82, 2.24) is 5.32 Å². The summed E-state index contributed by atoms with van der Waals surface area (Å²) in [5.41, 5.74) is 0.0372. The van der Waals surface area contributed by atoms with Crippen LogP contribution in [0.3, 0.4) is 0 Å². The van der Waals surface area contributed by atoms with Gasteiger partial charge in [0.2, 0.25) is 0 Å². The Morgan fingerprint density at radius 2 is 1.77 bits per heavy atom. The van der Waals surface area contributed by atoms with Gasteiger partial charge in [0.25, 0.3) is 0 Å². The molecule has 0 bridgehead atoms. The van der Waals surface area contributed by atoms with Crippen LogP contribution in [-0.4, -0.2) is 36.5 Å². The average molecular weight is 189 g/mol. The largest absolute Gasteiger partial charge is 0.396 e. The molecular formula is C10H23NO2. The first-order chi connectivity index (χ1) is 6.24. The minimum atomic E-state index is 0.0372. The van der Waals surface area contributed by atoms with E-state index in [2.05, 4.69) is 19.2 Å². The molecule has 0 aromatic carbocycles. The van der Waals surface area contributed by atoms with Gasteiger partial charge < -0.3 is 15.5 Å². The fourth-order valence-corrected chi connectivity index (χ4v) is 1.34. The van der Waals surface area contributed by atoms with Crippen LogP contribution in [0, 0.1) is 5.41 Å². The first kappa shape index (κ1) is 12.9.